The van der Waals surface area contributed by atoms with Crippen LogP contribution < -0.4 is 5.43 Å². The summed E-state index contributed by atoms with van der Waals surface area (Å²) in [5.74, 6) is 1.82. The van der Waals surface area contributed by atoms with Gasteiger partial charge in [0, 0.05) is 31.1 Å². The second kappa shape index (κ2) is 5.51. The molecule has 3 heterocycles. The van der Waals surface area contributed by atoms with Crippen LogP contribution in [0.4, 0.5) is 0 Å². The monoisotopic (exact) mass is 321 g/mol. The molecule has 0 aromatic carbocycles. The number of hydrogen-bond acceptors (Lipinski definition) is 7. The fourth-order valence-electron chi connectivity index (χ4n) is 3.40. The third-order valence-corrected chi connectivity index (χ3v) is 4.69. The van der Waals surface area contributed by atoms with Crippen LogP contribution in [0.2, 0.25) is 0 Å². The SMILES string of the molecule is OC(=S)CC1CCC2=C1N=C1N=C(N3CCOCC3)NN1C2. The highest BCUT2D eigenvalue weighted by atomic mass is 32.1. The van der Waals surface area contributed by atoms with Crippen molar-refractivity contribution in [2.24, 2.45) is 15.9 Å². The molecular weight excluding hydrogens is 302 g/mol. The first kappa shape index (κ1) is 14.0. The Labute approximate surface area is 134 Å². The zero-order chi connectivity index (χ0) is 15.1. The number of rotatable bonds is 2. The van der Waals surface area contributed by atoms with Gasteiger partial charge in [-0.05, 0) is 30.6 Å². The summed E-state index contributed by atoms with van der Waals surface area (Å²) in [6.07, 6.45) is 2.55. The Kier molecular flexibility index (Phi) is 3.50. The zero-order valence-corrected chi connectivity index (χ0v) is 13.1. The van der Waals surface area contributed by atoms with Crippen molar-refractivity contribution in [1.29, 1.82) is 0 Å². The van der Waals surface area contributed by atoms with Gasteiger partial charge in [0.2, 0.25) is 11.9 Å². The van der Waals surface area contributed by atoms with Crippen LogP contribution in [0.15, 0.2) is 21.3 Å². The number of hydrazine groups is 1. The van der Waals surface area contributed by atoms with Crippen molar-refractivity contribution in [3.8, 4) is 0 Å². The Hall–Kier alpha value is -1.67. The number of aliphatic imine (C=N–C) groups is 2. The van der Waals surface area contributed by atoms with Crippen LogP contribution >= 0.6 is 12.2 Å². The molecule has 0 aromatic rings. The van der Waals surface area contributed by atoms with E-state index in [2.05, 4.69) is 15.3 Å². The van der Waals surface area contributed by atoms with Crippen molar-refractivity contribution in [3.05, 3.63) is 11.3 Å². The molecule has 8 heteroatoms. The van der Waals surface area contributed by atoms with Crippen LogP contribution in [0.3, 0.4) is 0 Å². The lowest BCUT2D eigenvalue weighted by Crippen LogP contribution is -2.50. The Bertz CT molecular complexity index is 594. The highest BCUT2D eigenvalue weighted by Gasteiger charge is 2.35. The van der Waals surface area contributed by atoms with E-state index in [1.54, 1.807) is 0 Å². The van der Waals surface area contributed by atoms with Crippen LogP contribution in [0.1, 0.15) is 19.3 Å². The van der Waals surface area contributed by atoms with Gasteiger partial charge in [-0.25, -0.2) is 10.0 Å². The molecule has 4 aliphatic rings. The molecule has 1 fully saturated rings. The highest BCUT2D eigenvalue weighted by molar-refractivity contribution is 7.80. The fraction of sp³-hybridized carbons (Fsp3) is 0.643. The van der Waals surface area contributed by atoms with Crippen LogP contribution in [-0.4, -0.2) is 64.8 Å². The van der Waals surface area contributed by atoms with E-state index in [1.807, 2.05) is 5.01 Å². The maximum Gasteiger partial charge on any atom is 0.248 e. The zero-order valence-electron chi connectivity index (χ0n) is 12.3. The largest absolute Gasteiger partial charge is 0.502 e. The summed E-state index contributed by atoms with van der Waals surface area (Å²) in [7, 11) is 0. The molecule has 0 radical (unpaired) electrons. The molecule has 4 rings (SSSR count). The van der Waals surface area contributed by atoms with Gasteiger partial charge in [0.1, 0.15) is 0 Å². The lowest BCUT2D eigenvalue weighted by Gasteiger charge is -2.30. The summed E-state index contributed by atoms with van der Waals surface area (Å²) >= 11 is 4.84. The van der Waals surface area contributed by atoms with Gasteiger partial charge >= 0.3 is 0 Å². The van der Waals surface area contributed by atoms with E-state index in [1.165, 1.54) is 5.57 Å². The summed E-state index contributed by atoms with van der Waals surface area (Å²) in [6.45, 7) is 3.97. The van der Waals surface area contributed by atoms with Crippen molar-refractivity contribution >= 4 is 29.2 Å². The first-order valence-corrected chi connectivity index (χ1v) is 8.09. The number of nitrogens with zero attached hydrogens (tertiary/aromatic N) is 4. The van der Waals surface area contributed by atoms with Crippen LogP contribution in [0.5, 0.6) is 0 Å². The Morgan fingerprint density at radius 2 is 2.18 bits per heavy atom. The number of guanidine groups is 2. The van der Waals surface area contributed by atoms with E-state index in [4.69, 9.17) is 21.9 Å². The topological polar surface area (TPSA) is 72.7 Å². The summed E-state index contributed by atoms with van der Waals surface area (Å²) in [6, 6.07) is 0. The number of morpholine rings is 1. The van der Waals surface area contributed by atoms with E-state index in [0.29, 0.717) is 6.42 Å². The molecule has 1 unspecified atom stereocenters. The Morgan fingerprint density at radius 1 is 1.36 bits per heavy atom. The van der Waals surface area contributed by atoms with E-state index >= 15 is 0 Å². The lowest BCUT2D eigenvalue weighted by atomic mass is 10.0. The maximum absolute atomic E-state index is 9.39. The molecule has 3 aliphatic heterocycles. The molecule has 118 valence electrons. The molecule has 1 aliphatic carbocycles. The molecule has 0 spiro atoms. The molecule has 1 atom stereocenters. The van der Waals surface area contributed by atoms with Crippen molar-refractivity contribution < 1.29 is 9.84 Å². The molecule has 22 heavy (non-hydrogen) atoms. The molecule has 0 amide bonds. The van der Waals surface area contributed by atoms with Crippen LogP contribution in [-0.2, 0) is 4.74 Å². The standard InChI is InChI=1S/C14H19N5O2S/c20-11(22)7-9-1-2-10-8-19-13(15-12(9)10)16-14(17-19)18-3-5-21-6-4-18/h9H,1-8H2,(H,20,22)(H,15,16,17). The molecule has 0 saturated carbocycles. The molecule has 1 saturated heterocycles. The minimum absolute atomic E-state index is 0.0726. The second-order valence-electron chi connectivity index (χ2n) is 5.97. The van der Waals surface area contributed by atoms with Gasteiger partial charge in [-0.1, -0.05) is 0 Å². The van der Waals surface area contributed by atoms with Gasteiger partial charge in [-0.3, -0.25) is 5.43 Å². The van der Waals surface area contributed by atoms with Crippen molar-refractivity contribution in [2.75, 3.05) is 32.8 Å². The van der Waals surface area contributed by atoms with E-state index in [0.717, 1.165) is 63.3 Å². The predicted octanol–water partition coefficient (Wildman–Crippen LogP) is 0.804. The normalized spacial score (nSPS) is 27.2. The number of hydrogen-bond donors (Lipinski definition) is 2. The van der Waals surface area contributed by atoms with Crippen molar-refractivity contribution in [1.82, 2.24) is 15.3 Å². The number of fused-ring (bicyclic) bond motifs is 1. The first-order chi connectivity index (χ1) is 10.7. The van der Waals surface area contributed by atoms with Gasteiger partial charge in [0.05, 0.1) is 19.8 Å². The van der Waals surface area contributed by atoms with E-state index in [9.17, 15) is 5.11 Å². The number of nitrogens with one attached hydrogen (secondary N) is 1. The van der Waals surface area contributed by atoms with Crippen molar-refractivity contribution in [2.45, 2.75) is 19.3 Å². The lowest BCUT2D eigenvalue weighted by molar-refractivity contribution is 0.0657. The summed E-state index contributed by atoms with van der Waals surface area (Å²) < 4.78 is 5.38. The number of aliphatic hydroxyl groups is 1. The van der Waals surface area contributed by atoms with Gasteiger partial charge < -0.3 is 14.7 Å². The average Bonchev–Trinajstić information content (AvgIpc) is 3.09. The maximum atomic E-state index is 9.39. The van der Waals surface area contributed by atoms with E-state index in [-0.39, 0.29) is 11.0 Å². The highest BCUT2D eigenvalue weighted by Crippen LogP contribution is 2.38. The third-order valence-electron chi connectivity index (χ3n) is 4.53. The quantitative estimate of drug-likeness (QED) is 0.733. The minimum Gasteiger partial charge on any atom is -0.502 e. The Balaban J connectivity index is 1.54. The number of allylic oxidation sites excluding steroid dienone is 1. The number of ether oxygens (including phenoxy) is 1. The predicted molar refractivity (Wildman–Crippen MR) is 86.7 cm³/mol. The van der Waals surface area contributed by atoms with Crippen molar-refractivity contribution in [3.63, 3.8) is 0 Å². The molecular formula is C14H19N5O2S. The molecule has 2 N–H and O–H groups in total. The fourth-order valence-corrected chi connectivity index (χ4v) is 3.60. The number of aliphatic hydroxyl groups excluding tert-OH is 1. The van der Waals surface area contributed by atoms with Crippen LogP contribution in [0.25, 0.3) is 0 Å². The molecule has 0 aromatic heterocycles. The molecule has 7 nitrogen and oxygen atoms in total. The summed E-state index contributed by atoms with van der Waals surface area (Å²) in [5, 5.41) is 11.5. The average molecular weight is 321 g/mol. The van der Waals surface area contributed by atoms with Gasteiger partial charge in [0.15, 0.2) is 5.05 Å². The summed E-state index contributed by atoms with van der Waals surface area (Å²) in [5.41, 5.74) is 5.75. The second-order valence-corrected chi connectivity index (χ2v) is 6.44. The third kappa shape index (κ3) is 2.46. The van der Waals surface area contributed by atoms with Crippen LogP contribution in [0, 0.1) is 5.92 Å². The smallest absolute Gasteiger partial charge is 0.248 e. The van der Waals surface area contributed by atoms with Gasteiger partial charge in [-0.15, -0.1) is 0 Å². The summed E-state index contributed by atoms with van der Waals surface area (Å²) in [4.78, 5) is 11.5. The van der Waals surface area contributed by atoms with Gasteiger partial charge in [0.25, 0.3) is 0 Å². The number of thiocarbonyl (C=S) groups is 1. The minimum atomic E-state index is 0.0726. The first-order valence-electron chi connectivity index (χ1n) is 7.68. The van der Waals surface area contributed by atoms with E-state index < -0.39 is 0 Å². The molecule has 0 bridgehead atoms. The Morgan fingerprint density at radius 3 is 2.95 bits per heavy atom. The van der Waals surface area contributed by atoms with Gasteiger partial charge in [-0.2, -0.15) is 4.99 Å².